The lowest BCUT2D eigenvalue weighted by atomic mass is 10.1. The van der Waals surface area contributed by atoms with Crippen LogP contribution in [0.1, 0.15) is 19.4 Å². The molecule has 1 aromatic carbocycles. The Labute approximate surface area is 154 Å². The first kappa shape index (κ1) is 19.8. The molecule has 5 nitrogen and oxygen atoms in total. The van der Waals surface area contributed by atoms with Crippen molar-refractivity contribution >= 4 is 38.9 Å². The van der Waals surface area contributed by atoms with Gasteiger partial charge in [0.1, 0.15) is 22.7 Å². The van der Waals surface area contributed by atoms with Gasteiger partial charge < -0.3 is 4.74 Å². The third kappa shape index (κ3) is 5.01. The number of sulfonamides is 1. The van der Waals surface area contributed by atoms with Crippen molar-refractivity contribution in [2.45, 2.75) is 30.7 Å². The zero-order valence-electron chi connectivity index (χ0n) is 13.5. The van der Waals surface area contributed by atoms with Crippen molar-refractivity contribution in [3.05, 3.63) is 52.1 Å². The Morgan fingerprint density at radius 3 is 2.60 bits per heavy atom. The lowest BCUT2D eigenvalue weighted by Crippen LogP contribution is -2.45. The van der Waals surface area contributed by atoms with Crippen LogP contribution in [0.15, 0.2) is 39.9 Å². The van der Waals surface area contributed by atoms with E-state index in [0.717, 1.165) is 11.3 Å². The van der Waals surface area contributed by atoms with E-state index in [-0.39, 0.29) is 27.3 Å². The number of carbonyl (C=O) groups excluding carboxylic acids is 1. The highest BCUT2D eigenvalue weighted by Gasteiger charge is 2.30. The number of carbonyl (C=O) groups is 1. The quantitative estimate of drug-likeness (QED) is 0.714. The van der Waals surface area contributed by atoms with E-state index in [0.29, 0.717) is 0 Å². The molecule has 25 heavy (non-hydrogen) atoms. The van der Waals surface area contributed by atoms with Gasteiger partial charge in [-0.05, 0) is 29.5 Å². The van der Waals surface area contributed by atoms with E-state index in [1.165, 1.54) is 24.3 Å². The molecule has 2 aromatic rings. The van der Waals surface area contributed by atoms with Crippen molar-refractivity contribution in [1.29, 1.82) is 0 Å². The Bertz CT molecular complexity index is 818. The van der Waals surface area contributed by atoms with Gasteiger partial charge in [0.15, 0.2) is 0 Å². The molecule has 0 spiro atoms. The third-order valence-electron chi connectivity index (χ3n) is 3.38. The molecule has 0 radical (unpaired) electrons. The zero-order valence-corrected chi connectivity index (χ0v) is 15.9. The molecule has 1 aromatic heterocycles. The highest BCUT2D eigenvalue weighted by atomic mass is 35.5. The van der Waals surface area contributed by atoms with Crippen LogP contribution in [0.4, 0.5) is 4.39 Å². The Kier molecular flexibility index (Phi) is 6.56. The number of esters is 1. The maximum Gasteiger partial charge on any atom is 0.324 e. The van der Waals surface area contributed by atoms with Gasteiger partial charge in [0, 0.05) is 5.56 Å². The van der Waals surface area contributed by atoms with Gasteiger partial charge in [-0.3, -0.25) is 4.79 Å². The topological polar surface area (TPSA) is 72.5 Å². The van der Waals surface area contributed by atoms with Crippen molar-refractivity contribution < 1.29 is 22.3 Å². The van der Waals surface area contributed by atoms with Crippen LogP contribution in [0.25, 0.3) is 0 Å². The average molecular weight is 406 g/mol. The van der Waals surface area contributed by atoms with Gasteiger partial charge in [-0.15, -0.1) is 11.3 Å². The van der Waals surface area contributed by atoms with Crippen molar-refractivity contribution in [1.82, 2.24) is 4.72 Å². The number of benzene rings is 1. The summed E-state index contributed by atoms with van der Waals surface area (Å²) in [4.78, 5) is 12.3. The van der Waals surface area contributed by atoms with Crippen LogP contribution in [-0.4, -0.2) is 20.4 Å². The zero-order chi connectivity index (χ0) is 18.6. The normalized spacial score (nSPS) is 13.0. The Hall–Kier alpha value is -1.48. The third-order valence-corrected chi connectivity index (χ3v) is 6.58. The van der Waals surface area contributed by atoms with Gasteiger partial charge in [0.2, 0.25) is 0 Å². The fourth-order valence-electron chi connectivity index (χ4n) is 2.00. The van der Waals surface area contributed by atoms with Gasteiger partial charge in [-0.2, -0.15) is 4.72 Å². The van der Waals surface area contributed by atoms with Crippen molar-refractivity contribution in [3.63, 3.8) is 0 Å². The first-order valence-electron chi connectivity index (χ1n) is 7.37. The van der Waals surface area contributed by atoms with Crippen LogP contribution in [0.3, 0.4) is 0 Å². The minimum absolute atomic E-state index is 0.0427. The van der Waals surface area contributed by atoms with Gasteiger partial charge in [-0.1, -0.05) is 37.6 Å². The highest BCUT2D eigenvalue weighted by Crippen LogP contribution is 2.21. The Morgan fingerprint density at radius 2 is 2.04 bits per heavy atom. The molecule has 136 valence electrons. The van der Waals surface area contributed by atoms with Crippen LogP contribution in [0.2, 0.25) is 5.02 Å². The summed E-state index contributed by atoms with van der Waals surface area (Å²) in [5, 5.41) is 1.75. The van der Waals surface area contributed by atoms with Crippen molar-refractivity contribution in [3.8, 4) is 0 Å². The summed E-state index contributed by atoms with van der Waals surface area (Å²) in [6, 6.07) is 6.06. The second-order valence-corrected chi connectivity index (χ2v) is 8.88. The number of thiophene rings is 1. The Morgan fingerprint density at radius 1 is 1.32 bits per heavy atom. The predicted octanol–water partition coefficient (Wildman–Crippen LogP) is 3.59. The SMILES string of the molecule is CC(C)[C@H](NS(=O)(=O)c1cccs1)C(=O)OCc1c(F)cccc1Cl. The van der Waals surface area contributed by atoms with Gasteiger partial charge in [-0.25, -0.2) is 12.8 Å². The molecule has 1 N–H and O–H groups in total. The molecule has 2 rings (SSSR count). The molecule has 9 heteroatoms. The Balaban J connectivity index is 2.11. The maximum atomic E-state index is 13.7. The molecule has 0 aliphatic rings. The molecule has 1 heterocycles. The molecule has 0 saturated heterocycles. The van der Waals surface area contributed by atoms with Crippen LogP contribution < -0.4 is 4.72 Å². The standard InChI is InChI=1S/C16H17ClFNO4S2/c1-10(2)15(19-25(21,22)14-7-4-8-24-14)16(20)23-9-11-12(17)5-3-6-13(11)18/h3-8,10,15,19H,9H2,1-2H3/t15-/m0/s1. The summed E-state index contributed by atoms with van der Waals surface area (Å²) < 4.78 is 45.9. The van der Waals surface area contributed by atoms with E-state index in [1.54, 1.807) is 25.3 Å². The second kappa shape index (κ2) is 8.27. The summed E-state index contributed by atoms with van der Waals surface area (Å²) in [6.07, 6.45) is 0. The molecule has 1 atom stereocenters. The molecule has 0 unspecified atom stereocenters. The van der Waals surface area contributed by atoms with E-state index >= 15 is 0 Å². The van der Waals surface area contributed by atoms with Gasteiger partial charge in [0.25, 0.3) is 10.0 Å². The minimum atomic E-state index is -3.84. The molecule has 0 saturated carbocycles. The predicted molar refractivity (Wildman–Crippen MR) is 94.5 cm³/mol. The van der Waals surface area contributed by atoms with E-state index in [4.69, 9.17) is 16.3 Å². The smallest absolute Gasteiger partial charge is 0.324 e. The molecule has 0 amide bonds. The summed E-state index contributed by atoms with van der Waals surface area (Å²) in [7, 11) is -3.84. The van der Waals surface area contributed by atoms with Crippen molar-refractivity contribution in [2.75, 3.05) is 0 Å². The van der Waals surface area contributed by atoms with E-state index < -0.39 is 27.9 Å². The van der Waals surface area contributed by atoms with Crippen LogP contribution in [-0.2, 0) is 26.2 Å². The van der Waals surface area contributed by atoms with E-state index in [2.05, 4.69) is 4.72 Å². The molecule has 0 fully saturated rings. The maximum absolute atomic E-state index is 13.7. The first-order valence-corrected chi connectivity index (χ1v) is 10.1. The lowest BCUT2D eigenvalue weighted by molar-refractivity contribution is -0.148. The van der Waals surface area contributed by atoms with E-state index in [9.17, 15) is 17.6 Å². The van der Waals surface area contributed by atoms with Crippen LogP contribution in [0, 0.1) is 11.7 Å². The number of nitrogens with one attached hydrogen (secondary N) is 1. The number of halogens is 2. The number of ether oxygens (including phenoxy) is 1. The molecular weight excluding hydrogens is 389 g/mol. The fraction of sp³-hybridized carbons (Fsp3) is 0.312. The monoisotopic (exact) mass is 405 g/mol. The summed E-state index contributed by atoms with van der Waals surface area (Å²) in [5.41, 5.74) is 0.0427. The molecule has 0 aliphatic carbocycles. The van der Waals surface area contributed by atoms with Gasteiger partial charge >= 0.3 is 5.97 Å². The van der Waals surface area contributed by atoms with Crippen LogP contribution >= 0.6 is 22.9 Å². The molecular formula is C16H17ClFNO4S2. The van der Waals surface area contributed by atoms with Crippen LogP contribution in [0.5, 0.6) is 0 Å². The van der Waals surface area contributed by atoms with Gasteiger partial charge in [0.05, 0.1) is 5.02 Å². The number of hydrogen-bond acceptors (Lipinski definition) is 5. The van der Waals surface area contributed by atoms with E-state index in [1.807, 2.05) is 0 Å². The largest absolute Gasteiger partial charge is 0.459 e. The summed E-state index contributed by atoms with van der Waals surface area (Å²) in [5.74, 6) is -1.76. The summed E-state index contributed by atoms with van der Waals surface area (Å²) >= 11 is 6.93. The summed E-state index contributed by atoms with van der Waals surface area (Å²) in [6.45, 7) is 2.98. The minimum Gasteiger partial charge on any atom is -0.459 e. The molecule has 0 aliphatic heterocycles. The second-order valence-electron chi connectivity index (χ2n) is 5.58. The number of hydrogen-bond donors (Lipinski definition) is 1. The average Bonchev–Trinajstić information content (AvgIpc) is 3.07. The lowest BCUT2D eigenvalue weighted by Gasteiger charge is -2.20. The fourth-order valence-corrected chi connectivity index (χ4v) is 4.56. The number of rotatable bonds is 7. The molecule has 0 bridgehead atoms. The highest BCUT2D eigenvalue weighted by molar-refractivity contribution is 7.91. The first-order chi connectivity index (χ1) is 11.7. The van der Waals surface area contributed by atoms with Crippen molar-refractivity contribution in [2.24, 2.45) is 5.92 Å².